The Bertz CT molecular complexity index is 1130. The molecule has 14 nitrogen and oxygen atoms in total. The number of carbonyl (C=O) groups is 6. The van der Waals surface area contributed by atoms with Crippen molar-refractivity contribution >= 4 is 46.5 Å². The number of fused-ring (bicyclic) bond motifs is 1. The third-order valence-electron chi connectivity index (χ3n) is 5.09. The van der Waals surface area contributed by atoms with Crippen LogP contribution in [0.5, 0.6) is 0 Å². The fraction of sp³-hybridized carbons (Fsp3) is 0.364. The number of rotatable bonds is 14. The Hall–Kier alpha value is -4.46. The van der Waals surface area contributed by atoms with Gasteiger partial charge in [0, 0.05) is 29.9 Å². The number of carbonyl (C=O) groups excluding carboxylic acids is 4. The van der Waals surface area contributed by atoms with E-state index in [0.717, 1.165) is 10.9 Å². The fourth-order valence-electron chi connectivity index (χ4n) is 3.29. The number of nitrogens with one attached hydrogen (secondary N) is 5. The minimum absolute atomic E-state index is 0.0152. The van der Waals surface area contributed by atoms with Crippen LogP contribution in [0.25, 0.3) is 10.9 Å². The van der Waals surface area contributed by atoms with Gasteiger partial charge in [-0.2, -0.15) is 0 Å². The molecule has 0 fully saturated rings. The zero-order valence-electron chi connectivity index (χ0n) is 19.2. The monoisotopic (exact) mass is 504 g/mol. The second-order valence-electron chi connectivity index (χ2n) is 7.77. The smallest absolute Gasteiger partial charge is 0.326 e. The average Bonchev–Trinajstić information content (AvgIpc) is 3.25. The van der Waals surface area contributed by atoms with Gasteiger partial charge in [-0.1, -0.05) is 18.2 Å². The number of nitrogens with two attached hydrogens (primary N) is 1. The van der Waals surface area contributed by atoms with Crippen molar-refractivity contribution in [2.24, 2.45) is 5.73 Å². The molecule has 0 aliphatic heterocycles. The molecular weight excluding hydrogens is 476 g/mol. The lowest BCUT2D eigenvalue weighted by atomic mass is 10.1. The lowest BCUT2D eigenvalue weighted by Gasteiger charge is -2.17. The van der Waals surface area contributed by atoms with Gasteiger partial charge >= 0.3 is 11.9 Å². The molecule has 4 amide bonds. The molecule has 194 valence electrons. The van der Waals surface area contributed by atoms with E-state index in [1.165, 1.54) is 0 Å². The number of aliphatic carboxylic acids is 2. The molecule has 0 saturated heterocycles. The minimum Gasteiger partial charge on any atom is -0.481 e. The summed E-state index contributed by atoms with van der Waals surface area (Å²) in [5, 5.41) is 28.2. The van der Waals surface area contributed by atoms with E-state index in [9.17, 15) is 33.9 Å². The molecular formula is C22H28N6O8. The first kappa shape index (κ1) is 27.8. The lowest BCUT2D eigenvalue weighted by Crippen LogP contribution is -2.51. The highest BCUT2D eigenvalue weighted by Gasteiger charge is 2.23. The number of H-pyrrole nitrogens is 1. The van der Waals surface area contributed by atoms with Crippen LogP contribution in [-0.2, 0) is 35.2 Å². The van der Waals surface area contributed by atoms with Crippen LogP contribution >= 0.6 is 0 Å². The van der Waals surface area contributed by atoms with Crippen molar-refractivity contribution in [2.75, 3.05) is 19.6 Å². The van der Waals surface area contributed by atoms with Crippen molar-refractivity contribution in [1.82, 2.24) is 26.3 Å². The number of para-hydroxylation sites is 1. The summed E-state index contributed by atoms with van der Waals surface area (Å²) in [5.74, 6) is -5.42. The summed E-state index contributed by atoms with van der Waals surface area (Å²) in [4.78, 5) is 73.3. The molecule has 14 heteroatoms. The normalized spacial score (nSPS) is 12.2. The van der Waals surface area contributed by atoms with Crippen LogP contribution in [-0.4, -0.2) is 82.5 Å². The molecule has 2 atom stereocenters. The average molecular weight is 505 g/mol. The molecule has 2 aromatic rings. The second-order valence-corrected chi connectivity index (χ2v) is 7.77. The summed E-state index contributed by atoms with van der Waals surface area (Å²) in [6.45, 7) is -1.52. The molecule has 1 aromatic carbocycles. The van der Waals surface area contributed by atoms with E-state index in [2.05, 4.69) is 26.3 Å². The Morgan fingerprint density at radius 3 is 2.22 bits per heavy atom. The summed E-state index contributed by atoms with van der Waals surface area (Å²) in [7, 11) is 0. The van der Waals surface area contributed by atoms with Crippen molar-refractivity contribution < 1.29 is 39.0 Å². The Morgan fingerprint density at radius 2 is 1.56 bits per heavy atom. The molecule has 2 rings (SSSR count). The zero-order valence-corrected chi connectivity index (χ0v) is 19.2. The van der Waals surface area contributed by atoms with Crippen LogP contribution in [0, 0.1) is 0 Å². The summed E-state index contributed by atoms with van der Waals surface area (Å²) < 4.78 is 0. The predicted molar refractivity (Wildman–Crippen MR) is 125 cm³/mol. The number of carboxylic acid groups (broad SMARTS) is 2. The van der Waals surface area contributed by atoms with E-state index in [-0.39, 0.29) is 12.8 Å². The van der Waals surface area contributed by atoms with Gasteiger partial charge in [-0.3, -0.25) is 24.0 Å². The predicted octanol–water partition coefficient (Wildman–Crippen LogP) is -2.18. The molecule has 0 saturated carbocycles. The first-order chi connectivity index (χ1) is 17.1. The fourth-order valence-corrected chi connectivity index (χ4v) is 3.29. The van der Waals surface area contributed by atoms with Crippen LogP contribution in [0.3, 0.4) is 0 Å². The van der Waals surface area contributed by atoms with Crippen molar-refractivity contribution in [2.45, 2.75) is 31.3 Å². The van der Waals surface area contributed by atoms with Crippen LogP contribution in [0.2, 0.25) is 0 Å². The maximum absolute atomic E-state index is 12.2. The Morgan fingerprint density at radius 1 is 0.889 bits per heavy atom. The van der Waals surface area contributed by atoms with Gasteiger partial charge in [0.25, 0.3) is 0 Å². The molecule has 0 radical (unpaired) electrons. The second kappa shape index (κ2) is 13.4. The largest absolute Gasteiger partial charge is 0.481 e. The Kier molecular flexibility index (Phi) is 10.4. The maximum Gasteiger partial charge on any atom is 0.326 e. The first-order valence-electron chi connectivity index (χ1n) is 10.9. The minimum atomic E-state index is -1.25. The molecule has 0 aliphatic rings. The van der Waals surface area contributed by atoms with E-state index in [1.807, 2.05) is 24.3 Å². The summed E-state index contributed by atoms with van der Waals surface area (Å²) in [6.07, 6.45) is 1.06. The summed E-state index contributed by atoms with van der Waals surface area (Å²) in [5.41, 5.74) is 6.70. The summed E-state index contributed by atoms with van der Waals surface area (Å²) in [6, 6.07) is 4.84. The van der Waals surface area contributed by atoms with Gasteiger partial charge in [-0.05, 0) is 18.1 Å². The van der Waals surface area contributed by atoms with Crippen molar-refractivity contribution in [3.63, 3.8) is 0 Å². The van der Waals surface area contributed by atoms with Gasteiger partial charge in [0.15, 0.2) is 0 Å². The standard InChI is InChI=1S/C22H28N6O8/c23-8-17(29)27-15(5-6-20(32)33)21(34)26-10-18(30)25-11-19(31)28-16(22(35)36)7-12-9-24-14-4-2-1-3-13(12)14/h1-4,9,15-16,24H,5-8,10-11,23H2,(H,25,30)(H,26,34)(H,27,29)(H,28,31)(H,32,33)(H,35,36)/t15-,16-/m0/s1. The Labute approximate surface area is 205 Å². The maximum atomic E-state index is 12.2. The molecule has 0 bridgehead atoms. The van der Waals surface area contributed by atoms with E-state index < -0.39 is 73.7 Å². The quantitative estimate of drug-likeness (QED) is 0.139. The highest BCUT2D eigenvalue weighted by atomic mass is 16.4. The van der Waals surface area contributed by atoms with E-state index >= 15 is 0 Å². The molecule has 0 aliphatic carbocycles. The third-order valence-corrected chi connectivity index (χ3v) is 5.09. The van der Waals surface area contributed by atoms with Crippen molar-refractivity contribution in [1.29, 1.82) is 0 Å². The lowest BCUT2D eigenvalue weighted by molar-refractivity contribution is -0.141. The topological polar surface area (TPSA) is 233 Å². The molecule has 1 heterocycles. The zero-order chi connectivity index (χ0) is 26.7. The van der Waals surface area contributed by atoms with Crippen LogP contribution in [0.1, 0.15) is 18.4 Å². The summed E-state index contributed by atoms with van der Waals surface area (Å²) >= 11 is 0. The molecule has 0 spiro atoms. The van der Waals surface area contributed by atoms with Crippen LogP contribution in [0.4, 0.5) is 0 Å². The number of hydrogen-bond donors (Lipinski definition) is 8. The van der Waals surface area contributed by atoms with Crippen molar-refractivity contribution in [3.8, 4) is 0 Å². The van der Waals surface area contributed by atoms with Gasteiger partial charge in [0.2, 0.25) is 23.6 Å². The van der Waals surface area contributed by atoms with Crippen LogP contribution in [0.15, 0.2) is 30.5 Å². The van der Waals surface area contributed by atoms with Crippen LogP contribution < -0.4 is 27.0 Å². The highest BCUT2D eigenvalue weighted by Crippen LogP contribution is 2.19. The van der Waals surface area contributed by atoms with Gasteiger partial charge in [-0.15, -0.1) is 0 Å². The third kappa shape index (κ3) is 8.72. The number of aromatic amines is 1. The van der Waals surface area contributed by atoms with Gasteiger partial charge < -0.3 is 42.2 Å². The molecule has 0 unspecified atom stereocenters. The van der Waals surface area contributed by atoms with E-state index in [4.69, 9.17) is 10.8 Å². The van der Waals surface area contributed by atoms with E-state index in [1.54, 1.807) is 6.20 Å². The first-order valence-corrected chi connectivity index (χ1v) is 10.9. The molecule has 1 aromatic heterocycles. The SMILES string of the molecule is NCC(=O)N[C@@H](CCC(=O)O)C(=O)NCC(=O)NCC(=O)N[C@@H](Cc1c[nH]c2ccccc12)C(=O)O. The van der Waals surface area contributed by atoms with Gasteiger partial charge in [0.05, 0.1) is 19.6 Å². The van der Waals surface area contributed by atoms with Gasteiger partial charge in [0.1, 0.15) is 12.1 Å². The molecule has 9 N–H and O–H groups in total. The number of hydrogen-bond acceptors (Lipinski definition) is 7. The number of carboxylic acids is 2. The number of amides is 4. The van der Waals surface area contributed by atoms with Gasteiger partial charge in [-0.25, -0.2) is 4.79 Å². The molecule has 36 heavy (non-hydrogen) atoms. The van der Waals surface area contributed by atoms with Crippen molar-refractivity contribution in [3.05, 3.63) is 36.0 Å². The number of benzene rings is 1. The highest BCUT2D eigenvalue weighted by molar-refractivity contribution is 5.93. The Balaban J connectivity index is 1.83. The van der Waals surface area contributed by atoms with E-state index in [0.29, 0.717) is 5.56 Å². The number of aromatic nitrogens is 1.